The molecule has 0 atom stereocenters. The van der Waals surface area contributed by atoms with Crippen molar-refractivity contribution < 1.29 is 4.79 Å². The van der Waals surface area contributed by atoms with Gasteiger partial charge in [0.25, 0.3) is 5.91 Å². The van der Waals surface area contributed by atoms with E-state index in [1.54, 1.807) is 0 Å². The number of aryl methyl sites for hydroxylation is 2. The van der Waals surface area contributed by atoms with Crippen molar-refractivity contribution in [3.63, 3.8) is 0 Å². The molecule has 0 aliphatic carbocycles. The summed E-state index contributed by atoms with van der Waals surface area (Å²) in [5, 5.41) is 1.12. The van der Waals surface area contributed by atoms with Gasteiger partial charge in [0.15, 0.2) is 0 Å². The van der Waals surface area contributed by atoms with E-state index < -0.39 is 0 Å². The third-order valence-electron chi connectivity index (χ3n) is 6.57. The Kier molecular flexibility index (Phi) is 7.54. The molecule has 0 saturated carbocycles. The minimum Gasteiger partial charge on any atom is -0.337 e. The van der Waals surface area contributed by atoms with Gasteiger partial charge in [0.1, 0.15) is 0 Å². The van der Waals surface area contributed by atoms with Crippen molar-refractivity contribution in [2.24, 2.45) is 0 Å². The van der Waals surface area contributed by atoms with Crippen LogP contribution in [0.3, 0.4) is 0 Å². The van der Waals surface area contributed by atoms with Gasteiger partial charge in [-0.15, -0.1) is 0 Å². The van der Waals surface area contributed by atoms with Gasteiger partial charge in [0.2, 0.25) is 0 Å². The minimum absolute atomic E-state index is 0.112. The predicted molar refractivity (Wildman–Crippen MR) is 149 cm³/mol. The summed E-state index contributed by atoms with van der Waals surface area (Å²) in [7, 11) is 0. The van der Waals surface area contributed by atoms with Crippen LogP contribution in [0.25, 0.3) is 10.9 Å². The highest BCUT2D eigenvalue weighted by Gasteiger charge is 2.20. The standard InChI is InChI=1S/C30H32N4OS/c1-22-18-23(2)20-24(19-22)21-33-14-5-15-34(17-16-33)30(35)26-9-11-27(12-10-26)32-36-28-8-3-6-25-7-4-13-31-29(25)28/h3-4,6-13,18-20,32H,5,14-17,21H2,1-2H3. The molecule has 1 N–H and O–H groups in total. The van der Waals surface area contributed by atoms with Crippen LogP contribution in [0.1, 0.15) is 33.5 Å². The molecule has 184 valence electrons. The fraction of sp³-hybridized carbons (Fsp3) is 0.267. The molecule has 1 aliphatic heterocycles. The number of pyridine rings is 1. The first-order valence-corrected chi connectivity index (χ1v) is 13.3. The second-order valence-corrected chi connectivity index (χ2v) is 10.4. The van der Waals surface area contributed by atoms with Crippen LogP contribution in [-0.4, -0.2) is 46.9 Å². The maximum absolute atomic E-state index is 13.2. The minimum atomic E-state index is 0.112. The Hall–Kier alpha value is -3.35. The van der Waals surface area contributed by atoms with Gasteiger partial charge in [-0.05, 0) is 74.2 Å². The van der Waals surface area contributed by atoms with Crippen LogP contribution < -0.4 is 4.72 Å². The molecule has 3 aromatic carbocycles. The normalized spacial score (nSPS) is 14.6. The lowest BCUT2D eigenvalue weighted by Gasteiger charge is -2.22. The molecular weight excluding hydrogens is 464 g/mol. The number of para-hydroxylation sites is 1. The molecule has 6 heteroatoms. The average molecular weight is 497 g/mol. The van der Waals surface area contributed by atoms with Gasteiger partial charge in [0.05, 0.1) is 10.4 Å². The largest absolute Gasteiger partial charge is 0.337 e. The Morgan fingerprint density at radius 3 is 2.50 bits per heavy atom. The number of fused-ring (bicyclic) bond motifs is 1. The van der Waals surface area contributed by atoms with Crippen LogP contribution in [-0.2, 0) is 6.54 Å². The molecule has 5 nitrogen and oxygen atoms in total. The second kappa shape index (κ2) is 11.1. The van der Waals surface area contributed by atoms with E-state index in [-0.39, 0.29) is 5.91 Å². The van der Waals surface area contributed by atoms with Crippen LogP contribution in [0.4, 0.5) is 5.69 Å². The number of nitrogens with zero attached hydrogens (tertiary/aromatic N) is 3. The first-order chi connectivity index (χ1) is 17.5. The van der Waals surface area contributed by atoms with Crippen LogP contribution in [0.2, 0.25) is 0 Å². The van der Waals surface area contributed by atoms with Gasteiger partial charge in [-0.25, -0.2) is 0 Å². The topological polar surface area (TPSA) is 48.5 Å². The predicted octanol–water partition coefficient (Wildman–Crippen LogP) is 6.32. The maximum Gasteiger partial charge on any atom is 0.253 e. The maximum atomic E-state index is 13.2. The van der Waals surface area contributed by atoms with Crippen molar-refractivity contribution >= 4 is 34.4 Å². The van der Waals surface area contributed by atoms with E-state index in [1.165, 1.54) is 28.6 Å². The third kappa shape index (κ3) is 5.89. The summed E-state index contributed by atoms with van der Waals surface area (Å²) in [6, 6.07) is 24.7. The zero-order valence-corrected chi connectivity index (χ0v) is 21.7. The van der Waals surface area contributed by atoms with Crippen molar-refractivity contribution in [1.29, 1.82) is 0 Å². The number of hydrogen-bond acceptors (Lipinski definition) is 5. The fourth-order valence-electron chi connectivity index (χ4n) is 4.89. The first kappa shape index (κ1) is 24.3. The first-order valence-electron chi connectivity index (χ1n) is 12.5. The lowest BCUT2D eigenvalue weighted by Crippen LogP contribution is -2.35. The molecule has 0 spiro atoms. The molecule has 1 aliphatic rings. The van der Waals surface area contributed by atoms with Crippen molar-refractivity contribution in [2.75, 3.05) is 30.9 Å². The molecule has 0 unspecified atom stereocenters. The molecule has 1 amide bonds. The smallest absolute Gasteiger partial charge is 0.253 e. The summed E-state index contributed by atoms with van der Waals surface area (Å²) in [5.74, 6) is 0.112. The zero-order chi connectivity index (χ0) is 24.9. The Labute approximate surface area is 217 Å². The van der Waals surface area contributed by atoms with Crippen LogP contribution in [0.5, 0.6) is 0 Å². The number of carbonyl (C=O) groups is 1. The van der Waals surface area contributed by atoms with E-state index in [9.17, 15) is 4.79 Å². The van der Waals surface area contributed by atoms with Gasteiger partial charge >= 0.3 is 0 Å². The number of aromatic nitrogens is 1. The fourth-order valence-corrected chi connectivity index (χ4v) is 5.66. The molecule has 1 aromatic heterocycles. The SMILES string of the molecule is Cc1cc(C)cc(CN2CCCN(C(=O)c3ccc(NSc4cccc5cccnc45)cc3)CC2)c1. The molecule has 1 fully saturated rings. The van der Waals surface area contributed by atoms with Crippen molar-refractivity contribution in [2.45, 2.75) is 31.7 Å². The van der Waals surface area contributed by atoms with E-state index >= 15 is 0 Å². The number of carbonyl (C=O) groups excluding carboxylic acids is 1. The lowest BCUT2D eigenvalue weighted by molar-refractivity contribution is 0.0761. The van der Waals surface area contributed by atoms with E-state index in [1.807, 2.05) is 47.5 Å². The molecule has 5 rings (SSSR count). The molecule has 36 heavy (non-hydrogen) atoms. The van der Waals surface area contributed by atoms with E-state index in [4.69, 9.17) is 0 Å². The molecular formula is C30H32N4OS. The summed E-state index contributed by atoms with van der Waals surface area (Å²) in [6.07, 6.45) is 2.81. The van der Waals surface area contributed by atoms with Gasteiger partial charge < -0.3 is 9.62 Å². The van der Waals surface area contributed by atoms with Crippen LogP contribution >= 0.6 is 11.9 Å². The lowest BCUT2D eigenvalue weighted by atomic mass is 10.1. The summed E-state index contributed by atoms with van der Waals surface area (Å²) < 4.78 is 3.39. The van der Waals surface area contributed by atoms with E-state index in [0.29, 0.717) is 0 Å². The molecule has 1 saturated heterocycles. The highest BCUT2D eigenvalue weighted by molar-refractivity contribution is 8.00. The van der Waals surface area contributed by atoms with Gasteiger partial charge in [-0.1, -0.05) is 47.5 Å². The van der Waals surface area contributed by atoms with Gasteiger partial charge in [-0.3, -0.25) is 14.7 Å². The van der Waals surface area contributed by atoms with E-state index in [0.717, 1.165) is 66.2 Å². The summed E-state index contributed by atoms with van der Waals surface area (Å²) >= 11 is 1.54. The Morgan fingerprint density at radius 2 is 1.69 bits per heavy atom. The van der Waals surface area contributed by atoms with Crippen molar-refractivity contribution in [3.8, 4) is 0 Å². The number of benzene rings is 3. The van der Waals surface area contributed by atoms with E-state index in [2.05, 4.69) is 64.9 Å². The summed E-state index contributed by atoms with van der Waals surface area (Å²) in [5.41, 5.74) is 6.65. The van der Waals surface area contributed by atoms with Crippen LogP contribution in [0.15, 0.2) is 83.9 Å². The monoisotopic (exact) mass is 496 g/mol. The molecule has 4 aromatic rings. The second-order valence-electron chi connectivity index (χ2n) is 9.53. The Morgan fingerprint density at radius 1 is 0.917 bits per heavy atom. The average Bonchev–Trinajstić information content (AvgIpc) is 3.12. The van der Waals surface area contributed by atoms with Gasteiger partial charge in [0, 0.05) is 55.6 Å². The highest BCUT2D eigenvalue weighted by atomic mass is 32.2. The van der Waals surface area contributed by atoms with Gasteiger partial charge in [-0.2, -0.15) is 0 Å². The molecule has 0 bridgehead atoms. The molecule has 0 radical (unpaired) electrons. The Balaban J connectivity index is 1.17. The zero-order valence-electron chi connectivity index (χ0n) is 20.9. The number of amides is 1. The molecule has 2 heterocycles. The summed E-state index contributed by atoms with van der Waals surface area (Å²) in [4.78, 5) is 23.3. The highest BCUT2D eigenvalue weighted by Crippen LogP contribution is 2.27. The number of nitrogens with one attached hydrogen (secondary N) is 1. The van der Waals surface area contributed by atoms with Crippen LogP contribution in [0, 0.1) is 13.8 Å². The quantitative estimate of drug-likeness (QED) is 0.317. The third-order valence-corrected chi connectivity index (χ3v) is 7.46. The number of rotatable bonds is 6. The van der Waals surface area contributed by atoms with Crippen molar-refractivity contribution in [3.05, 3.63) is 101 Å². The Bertz CT molecular complexity index is 1330. The number of anilines is 1. The summed E-state index contributed by atoms with van der Waals surface area (Å²) in [6.45, 7) is 8.71. The number of hydrogen-bond donors (Lipinski definition) is 1. The van der Waals surface area contributed by atoms with Crippen molar-refractivity contribution in [1.82, 2.24) is 14.8 Å².